The van der Waals surface area contributed by atoms with Gasteiger partial charge in [0.25, 0.3) is 5.91 Å². The number of aliphatic hydroxyl groups is 1. The molecule has 112 valence electrons. The molecule has 0 saturated carbocycles. The first-order chi connectivity index (χ1) is 9.94. The number of aromatic amines is 1. The molecule has 0 atom stereocenters. The quantitative estimate of drug-likeness (QED) is 0.895. The molecule has 0 aliphatic carbocycles. The van der Waals surface area contributed by atoms with E-state index in [-0.39, 0.29) is 5.91 Å². The second kappa shape index (κ2) is 5.27. The van der Waals surface area contributed by atoms with E-state index in [0.717, 1.165) is 16.3 Å². The number of piperidine rings is 1. The summed E-state index contributed by atoms with van der Waals surface area (Å²) in [5.41, 5.74) is 1.77. The monoisotopic (exact) mass is 305 g/mol. The zero-order chi connectivity index (χ0) is 15.0. The Hall–Kier alpha value is -1.66. The Bertz CT molecular complexity index is 649. The first-order valence-electron chi connectivity index (χ1n) is 7.07. The van der Waals surface area contributed by atoms with Crippen LogP contribution in [0.1, 0.15) is 35.3 Å². The molecular weight excluding hydrogens is 286 g/mol. The van der Waals surface area contributed by atoms with Gasteiger partial charge in [-0.2, -0.15) is 0 Å². The second-order valence-electron chi connectivity index (χ2n) is 5.84. The third-order valence-corrected chi connectivity index (χ3v) is 4.73. The van der Waals surface area contributed by atoms with Crippen molar-refractivity contribution < 1.29 is 9.90 Å². The fraction of sp³-hybridized carbons (Fsp3) is 0.467. The van der Waals surface area contributed by atoms with Gasteiger partial charge < -0.3 is 15.0 Å². The molecule has 3 rings (SSSR count). The third-order valence-electron chi connectivity index (χ3n) is 3.96. The SMILES string of the molecule is Cc1nc(-c2c[nH]c(C(=O)N3CCC(C)(O)CC3)c2)cs1. The molecule has 2 aromatic heterocycles. The minimum atomic E-state index is -0.643. The topological polar surface area (TPSA) is 69.2 Å². The molecule has 1 aliphatic rings. The van der Waals surface area contributed by atoms with Crippen LogP contribution >= 0.6 is 11.3 Å². The van der Waals surface area contributed by atoms with E-state index < -0.39 is 5.60 Å². The lowest BCUT2D eigenvalue weighted by Gasteiger charge is -2.35. The summed E-state index contributed by atoms with van der Waals surface area (Å²) in [5, 5.41) is 12.9. The third kappa shape index (κ3) is 3.01. The highest BCUT2D eigenvalue weighted by Crippen LogP contribution is 2.25. The largest absolute Gasteiger partial charge is 0.390 e. The number of nitrogens with zero attached hydrogens (tertiary/aromatic N) is 2. The van der Waals surface area contributed by atoms with Crippen molar-refractivity contribution in [2.45, 2.75) is 32.3 Å². The van der Waals surface area contributed by atoms with Crippen molar-refractivity contribution in [3.8, 4) is 11.3 Å². The number of aryl methyl sites for hydroxylation is 1. The molecule has 2 aromatic rings. The van der Waals surface area contributed by atoms with Crippen LogP contribution in [0.4, 0.5) is 0 Å². The zero-order valence-electron chi connectivity index (χ0n) is 12.2. The van der Waals surface area contributed by atoms with E-state index in [9.17, 15) is 9.90 Å². The van der Waals surface area contributed by atoms with Crippen LogP contribution in [0, 0.1) is 6.92 Å². The van der Waals surface area contributed by atoms with Crippen LogP contribution in [0.2, 0.25) is 0 Å². The smallest absolute Gasteiger partial charge is 0.270 e. The van der Waals surface area contributed by atoms with Crippen molar-refractivity contribution in [1.82, 2.24) is 14.9 Å². The number of H-pyrrole nitrogens is 1. The standard InChI is InChI=1S/C15H19N3O2S/c1-10-17-13(9-21-10)11-7-12(16-8-11)14(19)18-5-3-15(2,20)4-6-18/h7-9,16,20H,3-6H2,1-2H3. The molecule has 21 heavy (non-hydrogen) atoms. The molecule has 0 bridgehead atoms. The molecule has 0 radical (unpaired) electrons. The second-order valence-corrected chi connectivity index (χ2v) is 6.91. The minimum absolute atomic E-state index is 0.0105. The Morgan fingerprint density at radius 3 is 2.81 bits per heavy atom. The molecule has 6 heteroatoms. The Morgan fingerprint density at radius 1 is 1.48 bits per heavy atom. The summed E-state index contributed by atoms with van der Waals surface area (Å²) < 4.78 is 0. The van der Waals surface area contributed by atoms with E-state index in [0.29, 0.717) is 31.6 Å². The van der Waals surface area contributed by atoms with Crippen LogP contribution in [0.3, 0.4) is 0 Å². The number of thiazole rings is 1. The van der Waals surface area contributed by atoms with Gasteiger partial charge in [-0.25, -0.2) is 4.98 Å². The van der Waals surface area contributed by atoms with Gasteiger partial charge in [0.1, 0.15) is 5.69 Å². The van der Waals surface area contributed by atoms with Crippen molar-refractivity contribution in [3.05, 3.63) is 28.3 Å². The fourth-order valence-electron chi connectivity index (χ4n) is 2.52. The van der Waals surface area contributed by atoms with Crippen LogP contribution in [-0.2, 0) is 0 Å². The summed E-state index contributed by atoms with van der Waals surface area (Å²) in [6.45, 7) is 4.98. The van der Waals surface area contributed by atoms with Crippen LogP contribution in [0.25, 0.3) is 11.3 Å². The lowest BCUT2D eigenvalue weighted by molar-refractivity contribution is -0.00217. The van der Waals surface area contributed by atoms with E-state index in [2.05, 4.69) is 9.97 Å². The average molecular weight is 305 g/mol. The highest BCUT2D eigenvalue weighted by Gasteiger charge is 2.30. The summed E-state index contributed by atoms with van der Waals surface area (Å²) in [4.78, 5) is 21.7. The molecule has 2 N–H and O–H groups in total. The van der Waals surface area contributed by atoms with Gasteiger partial charge in [0.2, 0.25) is 0 Å². The number of amides is 1. The van der Waals surface area contributed by atoms with E-state index in [4.69, 9.17) is 0 Å². The maximum absolute atomic E-state index is 12.5. The maximum Gasteiger partial charge on any atom is 0.270 e. The highest BCUT2D eigenvalue weighted by molar-refractivity contribution is 7.09. The summed E-state index contributed by atoms with van der Waals surface area (Å²) in [6.07, 6.45) is 3.07. The fourth-order valence-corrected chi connectivity index (χ4v) is 3.15. The summed E-state index contributed by atoms with van der Waals surface area (Å²) in [7, 11) is 0. The molecule has 0 aromatic carbocycles. The molecule has 0 spiro atoms. The van der Waals surface area contributed by atoms with E-state index in [1.165, 1.54) is 0 Å². The van der Waals surface area contributed by atoms with Gasteiger partial charge in [-0.3, -0.25) is 4.79 Å². The molecule has 1 amide bonds. The number of carbonyl (C=O) groups is 1. The number of rotatable bonds is 2. The first-order valence-corrected chi connectivity index (χ1v) is 7.95. The number of hydrogen-bond donors (Lipinski definition) is 2. The van der Waals surface area contributed by atoms with Gasteiger partial charge in [-0.05, 0) is 32.8 Å². The first kappa shape index (κ1) is 14.3. The van der Waals surface area contributed by atoms with Gasteiger partial charge in [-0.15, -0.1) is 11.3 Å². The predicted molar refractivity (Wildman–Crippen MR) is 82.4 cm³/mol. The van der Waals surface area contributed by atoms with Crippen molar-refractivity contribution in [2.24, 2.45) is 0 Å². The van der Waals surface area contributed by atoms with Crippen molar-refractivity contribution in [1.29, 1.82) is 0 Å². The van der Waals surface area contributed by atoms with Crippen molar-refractivity contribution in [2.75, 3.05) is 13.1 Å². The van der Waals surface area contributed by atoms with E-state index in [1.54, 1.807) is 16.2 Å². The average Bonchev–Trinajstić information content (AvgIpc) is 3.06. The minimum Gasteiger partial charge on any atom is -0.390 e. The number of hydrogen-bond acceptors (Lipinski definition) is 4. The lowest BCUT2D eigenvalue weighted by atomic mass is 9.94. The normalized spacial score (nSPS) is 18.0. The van der Waals surface area contributed by atoms with Crippen LogP contribution < -0.4 is 0 Å². The summed E-state index contributed by atoms with van der Waals surface area (Å²) in [5.74, 6) is -0.0105. The Labute approximate surface area is 127 Å². The molecule has 1 fully saturated rings. The summed E-state index contributed by atoms with van der Waals surface area (Å²) in [6, 6.07) is 1.85. The Morgan fingerprint density at radius 2 is 2.19 bits per heavy atom. The van der Waals surface area contributed by atoms with E-state index in [1.807, 2.05) is 31.5 Å². The lowest BCUT2D eigenvalue weighted by Crippen LogP contribution is -2.45. The van der Waals surface area contributed by atoms with Crippen LogP contribution in [0.15, 0.2) is 17.6 Å². The number of carbonyl (C=O) groups excluding carboxylic acids is 1. The summed E-state index contributed by atoms with van der Waals surface area (Å²) >= 11 is 1.60. The van der Waals surface area contributed by atoms with Crippen molar-refractivity contribution >= 4 is 17.2 Å². The zero-order valence-corrected chi connectivity index (χ0v) is 13.0. The van der Waals surface area contributed by atoms with Crippen molar-refractivity contribution in [3.63, 3.8) is 0 Å². The number of likely N-dealkylation sites (tertiary alicyclic amines) is 1. The van der Waals surface area contributed by atoms with Gasteiger partial charge >= 0.3 is 0 Å². The molecule has 1 aliphatic heterocycles. The Kier molecular flexibility index (Phi) is 3.59. The molecule has 5 nitrogen and oxygen atoms in total. The molecule has 1 saturated heterocycles. The molecule has 0 unspecified atom stereocenters. The molecule has 3 heterocycles. The van der Waals surface area contributed by atoms with Gasteiger partial charge in [0, 0.05) is 30.2 Å². The van der Waals surface area contributed by atoms with Crippen LogP contribution in [-0.4, -0.2) is 44.6 Å². The van der Waals surface area contributed by atoms with Gasteiger partial charge in [0.05, 0.1) is 16.3 Å². The highest BCUT2D eigenvalue weighted by atomic mass is 32.1. The number of aromatic nitrogens is 2. The maximum atomic E-state index is 12.5. The van der Waals surface area contributed by atoms with Gasteiger partial charge in [0.15, 0.2) is 0 Å². The van der Waals surface area contributed by atoms with Crippen LogP contribution in [0.5, 0.6) is 0 Å². The van der Waals surface area contributed by atoms with Gasteiger partial charge in [-0.1, -0.05) is 0 Å². The molecular formula is C15H19N3O2S. The predicted octanol–water partition coefficient (Wildman–Crippen LogP) is 2.43. The number of nitrogens with one attached hydrogen (secondary N) is 1. The van der Waals surface area contributed by atoms with E-state index >= 15 is 0 Å². The Balaban J connectivity index is 1.73.